The van der Waals surface area contributed by atoms with Crippen molar-refractivity contribution in [1.82, 2.24) is 4.90 Å². The van der Waals surface area contributed by atoms with Gasteiger partial charge in [-0.05, 0) is 44.0 Å². The van der Waals surface area contributed by atoms with Crippen molar-refractivity contribution in [3.8, 4) is 0 Å². The Morgan fingerprint density at radius 1 is 1.27 bits per heavy atom. The van der Waals surface area contributed by atoms with Gasteiger partial charge >= 0.3 is 0 Å². The number of likely N-dealkylation sites (N-methyl/N-ethyl adjacent to an activating group) is 1. The van der Waals surface area contributed by atoms with Crippen molar-refractivity contribution in [2.24, 2.45) is 0 Å². The van der Waals surface area contributed by atoms with Crippen molar-refractivity contribution in [3.05, 3.63) is 34.9 Å². The van der Waals surface area contributed by atoms with Crippen LogP contribution in [0.15, 0.2) is 18.2 Å². The van der Waals surface area contributed by atoms with E-state index in [1.54, 1.807) is 0 Å². The topological polar surface area (TPSA) is 23.5 Å². The zero-order valence-electron chi connectivity index (χ0n) is 9.75. The maximum absolute atomic E-state index is 10.5. The van der Waals surface area contributed by atoms with Gasteiger partial charge in [0.1, 0.15) is 5.60 Å². The van der Waals surface area contributed by atoms with E-state index in [0.29, 0.717) is 0 Å². The van der Waals surface area contributed by atoms with Crippen molar-refractivity contribution in [2.75, 3.05) is 20.1 Å². The van der Waals surface area contributed by atoms with Crippen molar-refractivity contribution in [1.29, 1.82) is 0 Å². The molecule has 1 aliphatic heterocycles. The zero-order valence-corrected chi connectivity index (χ0v) is 9.75. The van der Waals surface area contributed by atoms with Crippen molar-refractivity contribution in [2.45, 2.75) is 25.9 Å². The van der Waals surface area contributed by atoms with Gasteiger partial charge in [-0.15, -0.1) is 0 Å². The molecule has 1 fully saturated rings. The molecule has 2 nitrogen and oxygen atoms in total. The summed E-state index contributed by atoms with van der Waals surface area (Å²) < 4.78 is 0. The van der Waals surface area contributed by atoms with Crippen molar-refractivity contribution >= 4 is 0 Å². The van der Waals surface area contributed by atoms with E-state index < -0.39 is 5.60 Å². The molecule has 0 aromatic heterocycles. The monoisotopic (exact) mass is 205 g/mol. The molecule has 2 heteroatoms. The largest absolute Gasteiger partial charge is 0.384 e. The number of nitrogens with zero attached hydrogens (tertiary/aromatic N) is 1. The molecule has 1 atom stereocenters. The summed E-state index contributed by atoms with van der Waals surface area (Å²) in [6.45, 7) is 5.92. The molecule has 15 heavy (non-hydrogen) atoms. The summed E-state index contributed by atoms with van der Waals surface area (Å²) in [5.74, 6) is 0. The second-order valence-corrected chi connectivity index (χ2v) is 4.82. The summed E-state index contributed by atoms with van der Waals surface area (Å²) in [6, 6.07) is 6.27. The van der Waals surface area contributed by atoms with E-state index in [9.17, 15) is 5.11 Å². The first-order chi connectivity index (χ1) is 7.01. The number of β-amino-alcohol motifs (C(OH)–C–C–N with tert-alkyl or cyclic N) is 1. The maximum atomic E-state index is 10.5. The molecule has 1 heterocycles. The minimum Gasteiger partial charge on any atom is -0.384 e. The standard InChI is InChI=1S/C13H19NO/c1-10-4-5-12(8-11(10)2)13(15)6-7-14(3)9-13/h4-5,8,15H,6-7,9H2,1-3H3. The molecule has 0 aliphatic carbocycles. The van der Waals surface area contributed by atoms with E-state index >= 15 is 0 Å². The molecule has 1 unspecified atom stereocenters. The van der Waals surface area contributed by atoms with Gasteiger partial charge in [0.2, 0.25) is 0 Å². The Kier molecular flexibility index (Phi) is 2.57. The van der Waals surface area contributed by atoms with E-state index in [1.807, 2.05) is 0 Å². The van der Waals surface area contributed by atoms with Gasteiger partial charge in [0.05, 0.1) is 0 Å². The summed E-state index contributed by atoms with van der Waals surface area (Å²) in [6.07, 6.45) is 0.839. The molecule has 1 aromatic carbocycles. The SMILES string of the molecule is Cc1ccc(C2(O)CCN(C)C2)cc1C. The highest BCUT2D eigenvalue weighted by molar-refractivity contribution is 5.34. The Labute approximate surface area is 91.5 Å². The average molecular weight is 205 g/mol. The van der Waals surface area contributed by atoms with Crippen LogP contribution in [0.3, 0.4) is 0 Å². The first-order valence-corrected chi connectivity index (χ1v) is 5.50. The summed E-state index contributed by atoms with van der Waals surface area (Å²) in [7, 11) is 2.05. The molecule has 1 saturated heterocycles. The van der Waals surface area contributed by atoms with E-state index in [2.05, 4.69) is 44.0 Å². The Bertz CT molecular complexity index is 375. The number of rotatable bonds is 1. The number of aliphatic hydroxyl groups is 1. The fraction of sp³-hybridized carbons (Fsp3) is 0.538. The number of likely N-dealkylation sites (tertiary alicyclic amines) is 1. The molecule has 0 bridgehead atoms. The van der Waals surface area contributed by atoms with Gasteiger partial charge in [-0.3, -0.25) is 0 Å². The summed E-state index contributed by atoms with van der Waals surface area (Å²) in [5, 5.41) is 10.5. The Morgan fingerprint density at radius 3 is 2.53 bits per heavy atom. The molecule has 1 N–H and O–H groups in total. The second-order valence-electron chi connectivity index (χ2n) is 4.82. The fourth-order valence-electron chi connectivity index (χ4n) is 2.25. The Morgan fingerprint density at radius 2 is 2.00 bits per heavy atom. The van der Waals surface area contributed by atoms with Gasteiger partial charge < -0.3 is 10.0 Å². The lowest BCUT2D eigenvalue weighted by Gasteiger charge is -2.23. The molecular formula is C13H19NO. The predicted molar refractivity (Wildman–Crippen MR) is 61.9 cm³/mol. The van der Waals surface area contributed by atoms with Crippen LogP contribution in [0.4, 0.5) is 0 Å². The van der Waals surface area contributed by atoms with E-state index in [1.165, 1.54) is 11.1 Å². The highest BCUT2D eigenvalue weighted by Crippen LogP contribution is 2.31. The second kappa shape index (κ2) is 3.62. The fourth-order valence-corrected chi connectivity index (χ4v) is 2.25. The van der Waals surface area contributed by atoms with Crippen LogP contribution < -0.4 is 0 Å². The number of aryl methyl sites for hydroxylation is 2. The van der Waals surface area contributed by atoms with E-state index in [0.717, 1.165) is 25.1 Å². The molecule has 1 aromatic rings. The normalized spacial score (nSPS) is 27.2. The first-order valence-electron chi connectivity index (χ1n) is 5.50. The van der Waals surface area contributed by atoms with Gasteiger partial charge in [0, 0.05) is 13.1 Å². The first kappa shape index (κ1) is 10.7. The van der Waals surface area contributed by atoms with Crippen LogP contribution in [-0.2, 0) is 5.60 Å². The molecule has 2 rings (SSSR count). The smallest absolute Gasteiger partial charge is 0.103 e. The van der Waals surface area contributed by atoms with Crippen LogP contribution in [0.25, 0.3) is 0 Å². The van der Waals surface area contributed by atoms with E-state index in [4.69, 9.17) is 0 Å². The van der Waals surface area contributed by atoms with Gasteiger partial charge in [-0.1, -0.05) is 18.2 Å². The number of hydrogen-bond donors (Lipinski definition) is 1. The third-order valence-electron chi connectivity index (χ3n) is 3.48. The molecular weight excluding hydrogens is 186 g/mol. The molecule has 0 amide bonds. The van der Waals surface area contributed by atoms with Gasteiger partial charge in [0.15, 0.2) is 0 Å². The average Bonchev–Trinajstić information content (AvgIpc) is 2.52. The van der Waals surface area contributed by atoms with Crippen LogP contribution in [0, 0.1) is 13.8 Å². The molecule has 0 saturated carbocycles. The molecule has 0 radical (unpaired) electrons. The van der Waals surface area contributed by atoms with Crippen LogP contribution in [0.5, 0.6) is 0 Å². The third kappa shape index (κ3) is 1.92. The van der Waals surface area contributed by atoms with E-state index in [-0.39, 0.29) is 0 Å². The van der Waals surface area contributed by atoms with Gasteiger partial charge in [0.25, 0.3) is 0 Å². The predicted octanol–water partition coefficient (Wildman–Crippen LogP) is 1.83. The van der Waals surface area contributed by atoms with Crippen LogP contribution >= 0.6 is 0 Å². The van der Waals surface area contributed by atoms with Crippen LogP contribution in [-0.4, -0.2) is 30.1 Å². The highest BCUT2D eigenvalue weighted by Gasteiger charge is 2.35. The van der Waals surface area contributed by atoms with Crippen LogP contribution in [0.1, 0.15) is 23.1 Å². The van der Waals surface area contributed by atoms with Crippen molar-refractivity contribution in [3.63, 3.8) is 0 Å². The molecule has 1 aliphatic rings. The van der Waals surface area contributed by atoms with Crippen molar-refractivity contribution < 1.29 is 5.11 Å². The van der Waals surface area contributed by atoms with Crippen LogP contribution in [0.2, 0.25) is 0 Å². The zero-order chi connectivity index (χ0) is 11.1. The quantitative estimate of drug-likeness (QED) is 0.756. The van der Waals surface area contributed by atoms with Gasteiger partial charge in [-0.25, -0.2) is 0 Å². The summed E-state index contributed by atoms with van der Waals surface area (Å²) >= 11 is 0. The third-order valence-corrected chi connectivity index (χ3v) is 3.48. The molecule has 82 valence electrons. The lowest BCUT2D eigenvalue weighted by Crippen LogP contribution is -2.29. The molecule has 0 spiro atoms. The summed E-state index contributed by atoms with van der Waals surface area (Å²) in [4.78, 5) is 2.18. The highest BCUT2D eigenvalue weighted by atomic mass is 16.3. The maximum Gasteiger partial charge on any atom is 0.103 e. The lowest BCUT2D eigenvalue weighted by molar-refractivity contribution is 0.0488. The summed E-state index contributed by atoms with van der Waals surface area (Å²) in [5.41, 5.74) is 2.98. The lowest BCUT2D eigenvalue weighted by atomic mass is 9.91. The Balaban J connectivity index is 2.33. The number of benzene rings is 1. The number of hydrogen-bond acceptors (Lipinski definition) is 2. The van der Waals surface area contributed by atoms with Gasteiger partial charge in [-0.2, -0.15) is 0 Å². The Hall–Kier alpha value is -0.860. The minimum absolute atomic E-state index is 0.632. The minimum atomic E-state index is -0.632.